The van der Waals surface area contributed by atoms with Crippen LogP contribution in [-0.4, -0.2) is 22.6 Å². The Morgan fingerprint density at radius 2 is 1.89 bits per heavy atom. The molecule has 7 heteroatoms. The predicted molar refractivity (Wildman–Crippen MR) is 111 cm³/mol. The highest BCUT2D eigenvalue weighted by atomic mass is 32.1. The molecule has 2 N–H and O–H groups in total. The van der Waals surface area contributed by atoms with Crippen LogP contribution in [0.1, 0.15) is 19.3 Å². The Balaban J connectivity index is 1.77. The van der Waals surface area contributed by atoms with Crippen LogP contribution < -0.4 is 10.9 Å². The van der Waals surface area contributed by atoms with E-state index in [1.807, 2.05) is 42.5 Å². The Morgan fingerprint density at radius 3 is 2.71 bits per heavy atom. The number of unbranched alkanes of at least 4 members (excludes halogenated alkanes) is 1. The van der Waals surface area contributed by atoms with Gasteiger partial charge in [0.05, 0.1) is 15.9 Å². The maximum Gasteiger partial charge on any atom is 0.348 e. The van der Waals surface area contributed by atoms with Crippen LogP contribution in [-0.2, 0) is 4.79 Å². The van der Waals surface area contributed by atoms with Crippen LogP contribution in [0, 0.1) is 0 Å². The summed E-state index contributed by atoms with van der Waals surface area (Å²) in [5, 5.41) is 13.5. The van der Waals surface area contributed by atoms with Crippen molar-refractivity contribution in [3.8, 4) is 10.6 Å². The molecular formula is C21H18N2O4S. The van der Waals surface area contributed by atoms with Gasteiger partial charge in [-0.15, -0.1) is 11.3 Å². The highest BCUT2D eigenvalue weighted by molar-refractivity contribution is 7.21. The van der Waals surface area contributed by atoms with Gasteiger partial charge in [0, 0.05) is 18.4 Å². The first-order chi connectivity index (χ1) is 13.6. The van der Waals surface area contributed by atoms with E-state index in [1.54, 1.807) is 6.07 Å². The fourth-order valence-corrected chi connectivity index (χ4v) is 4.13. The summed E-state index contributed by atoms with van der Waals surface area (Å²) in [5.74, 6) is -0.805. The number of hydrogen-bond donors (Lipinski definition) is 2. The number of nitrogens with one attached hydrogen (secondary N) is 1. The summed E-state index contributed by atoms with van der Waals surface area (Å²) < 4.78 is 6.53. The first kappa shape index (κ1) is 18.2. The van der Waals surface area contributed by atoms with Gasteiger partial charge in [-0.2, -0.15) is 0 Å². The van der Waals surface area contributed by atoms with Crippen molar-refractivity contribution < 1.29 is 14.3 Å². The number of para-hydroxylation sites is 2. The molecule has 0 saturated carbocycles. The zero-order valence-electron chi connectivity index (χ0n) is 15.0. The third-order valence-corrected chi connectivity index (χ3v) is 5.49. The number of carboxylic acid groups (broad SMARTS) is 1. The highest BCUT2D eigenvalue weighted by Gasteiger charge is 2.19. The first-order valence-corrected chi connectivity index (χ1v) is 9.82. The molecule has 0 aliphatic heterocycles. The first-order valence-electron chi connectivity index (χ1n) is 9.01. The van der Waals surface area contributed by atoms with E-state index in [1.165, 1.54) is 11.3 Å². The van der Waals surface area contributed by atoms with E-state index in [9.17, 15) is 9.59 Å². The molecule has 0 spiro atoms. The molecule has 0 unspecified atom stereocenters. The van der Waals surface area contributed by atoms with Crippen molar-refractivity contribution in [3.05, 3.63) is 59.0 Å². The fraction of sp³-hybridized carbons (Fsp3) is 0.190. The van der Waals surface area contributed by atoms with Gasteiger partial charge in [0.1, 0.15) is 16.2 Å². The largest absolute Gasteiger partial charge is 0.481 e. The van der Waals surface area contributed by atoms with Crippen molar-refractivity contribution in [1.29, 1.82) is 0 Å². The van der Waals surface area contributed by atoms with Gasteiger partial charge < -0.3 is 14.8 Å². The minimum Gasteiger partial charge on any atom is -0.481 e. The van der Waals surface area contributed by atoms with Gasteiger partial charge in [0.25, 0.3) is 0 Å². The van der Waals surface area contributed by atoms with Gasteiger partial charge in [-0.3, -0.25) is 4.79 Å². The van der Waals surface area contributed by atoms with Gasteiger partial charge in [0.2, 0.25) is 0 Å². The van der Waals surface area contributed by atoms with E-state index in [0.717, 1.165) is 15.6 Å². The van der Waals surface area contributed by atoms with Crippen LogP contribution in [0.15, 0.2) is 57.7 Å². The SMILES string of the molecule is O=C(O)CCCCNc1c(-c2nc3ccccc3s2)c(=O)oc2ccccc12. The monoisotopic (exact) mass is 394 g/mol. The van der Waals surface area contributed by atoms with E-state index in [2.05, 4.69) is 10.3 Å². The van der Waals surface area contributed by atoms with E-state index >= 15 is 0 Å². The summed E-state index contributed by atoms with van der Waals surface area (Å²) in [4.78, 5) is 28.1. The summed E-state index contributed by atoms with van der Waals surface area (Å²) in [6, 6.07) is 15.1. The molecule has 2 aromatic carbocycles. The number of benzene rings is 2. The highest BCUT2D eigenvalue weighted by Crippen LogP contribution is 2.36. The lowest BCUT2D eigenvalue weighted by Crippen LogP contribution is -2.11. The van der Waals surface area contributed by atoms with Crippen molar-refractivity contribution in [1.82, 2.24) is 4.98 Å². The molecule has 0 amide bonds. The van der Waals surface area contributed by atoms with Crippen molar-refractivity contribution in [2.45, 2.75) is 19.3 Å². The third-order valence-electron chi connectivity index (χ3n) is 4.44. The maximum absolute atomic E-state index is 12.8. The second kappa shape index (κ2) is 7.82. The van der Waals surface area contributed by atoms with E-state index in [4.69, 9.17) is 9.52 Å². The van der Waals surface area contributed by atoms with Gasteiger partial charge in [-0.05, 0) is 37.1 Å². The molecule has 0 bridgehead atoms. The minimum absolute atomic E-state index is 0.129. The number of aliphatic carboxylic acids is 1. The summed E-state index contributed by atoms with van der Waals surface area (Å²) in [5.41, 5.74) is 2.00. The van der Waals surface area contributed by atoms with Crippen molar-refractivity contribution in [3.63, 3.8) is 0 Å². The molecule has 28 heavy (non-hydrogen) atoms. The predicted octanol–water partition coefficient (Wildman–Crippen LogP) is 4.74. The molecule has 4 aromatic rings. The van der Waals surface area contributed by atoms with E-state index < -0.39 is 11.6 Å². The minimum atomic E-state index is -0.805. The standard InChI is InChI=1S/C21H18N2O4S/c24-17(25)11-5-6-12-22-19-13-7-1-3-9-15(13)27-21(26)18(19)20-23-14-8-2-4-10-16(14)28-20/h1-4,7-10,22H,5-6,11-12H2,(H,24,25). The molecular weight excluding hydrogens is 376 g/mol. The summed E-state index contributed by atoms with van der Waals surface area (Å²) in [6.45, 7) is 0.554. The Kier molecular flexibility index (Phi) is 5.08. The number of fused-ring (bicyclic) bond motifs is 2. The number of carbonyl (C=O) groups is 1. The number of aromatic nitrogens is 1. The summed E-state index contributed by atoms with van der Waals surface area (Å²) in [6.07, 6.45) is 1.38. The number of thiazole rings is 1. The lowest BCUT2D eigenvalue weighted by Gasteiger charge is -2.12. The van der Waals surface area contributed by atoms with Gasteiger partial charge in [-0.1, -0.05) is 24.3 Å². The second-order valence-corrected chi connectivity index (χ2v) is 7.43. The van der Waals surface area contributed by atoms with Crippen molar-refractivity contribution >= 4 is 44.2 Å². The van der Waals surface area contributed by atoms with Crippen LogP contribution in [0.3, 0.4) is 0 Å². The lowest BCUT2D eigenvalue weighted by molar-refractivity contribution is -0.137. The maximum atomic E-state index is 12.8. The molecule has 0 radical (unpaired) electrons. The van der Waals surface area contributed by atoms with E-state index in [0.29, 0.717) is 41.2 Å². The normalized spacial score (nSPS) is 11.1. The quantitative estimate of drug-likeness (QED) is 0.347. The Hall–Kier alpha value is -3.19. The van der Waals surface area contributed by atoms with Crippen LogP contribution in [0.25, 0.3) is 31.8 Å². The molecule has 0 saturated heterocycles. The fourth-order valence-electron chi connectivity index (χ4n) is 3.12. The van der Waals surface area contributed by atoms with Crippen LogP contribution in [0.5, 0.6) is 0 Å². The molecule has 2 heterocycles. The second-order valence-electron chi connectivity index (χ2n) is 6.40. The average molecular weight is 394 g/mol. The third kappa shape index (κ3) is 3.61. The summed E-state index contributed by atoms with van der Waals surface area (Å²) >= 11 is 1.45. The molecule has 0 aliphatic carbocycles. The molecule has 142 valence electrons. The lowest BCUT2D eigenvalue weighted by atomic mass is 10.1. The molecule has 4 rings (SSSR count). The van der Waals surface area contributed by atoms with Gasteiger partial charge in [-0.25, -0.2) is 9.78 Å². The number of hydrogen-bond acceptors (Lipinski definition) is 6. The van der Waals surface area contributed by atoms with Crippen molar-refractivity contribution in [2.24, 2.45) is 0 Å². The van der Waals surface area contributed by atoms with E-state index in [-0.39, 0.29) is 6.42 Å². The molecule has 0 atom stereocenters. The average Bonchev–Trinajstić information content (AvgIpc) is 3.10. The van der Waals surface area contributed by atoms with Crippen LogP contribution in [0.2, 0.25) is 0 Å². The van der Waals surface area contributed by atoms with Gasteiger partial charge in [0.15, 0.2) is 0 Å². The molecule has 6 nitrogen and oxygen atoms in total. The Bertz CT molecular complexity index is 1180. The zero-order chi connectivity index (χ0) is 19.5. The molecule has 2 aromatic heterocycles. The number of rotatable bonds is 7. The zero-order valence-corrected chi connectivity index (χ0v) is 15.8. The molecule has 0 aliphatic rings. The van der Waals surface area contributed by atoms with Crippen LogP contribution >= 0.6 is 11.3 Å². The van der Waals surface area contributed by atoms with Crippen LogP contribution in [0.4, 0.5) is 5.69 Å². The molecule has 0 fully saturated rings. The van der Waals surface area contributed by atoms with Gasteiger partial charge >= 0.3 is 11.6 Å². The number of carboxylic acids is 1. The summed E-state index contributed by atoms with van der Waals surface area (Å²) in [7, 11) is 0. The number of nitrogens with zero attached hydrogens (tertiary/aromatic N) is 1. The smallest absolute Gasteiger partial charge is 0.348 e. The Labute approximate surface area is 164 Å². The van der Waals surface area contributed by atoms with Crippen molar-refractivity contribution in [2.75, 3.05) is 11.9 Å². The topological polar surface area (TPSA) is 92.4 Å². The Morgan fingerprint density at radius 1 is 1.11 bits per heavy atom. The number of anilines is 1.